The summed E-state index contributed by atoms with van der Waals surface area (Å²) < 4.78 is 57.8. The fourth-order valence-electron chi connectivity index (χ4n) is 3.74. The molecular formula is C26H34F3NO3. The van der Waals surface area contributed by atoms with E-state index in [-0.39, 0.29) is 12.4 Å². The van der Waals surface area contributed by atoms with Gasteiger partial charge < -0.3 is 19.9 Å². The molecular weight excluding hydrogens is 431 g/mol. The van der Waals surface area contributed by atoms with Gasteiger partial charge in [-0.2, -0.15) is 13.2 Å². The van der Waals surface area contributed by atoms with Crippen LogP contribution < -0.4 is 10.5 Å². The summed E-state index contributed by atoms with van der Waals surface area (Å²) in [6.45, 7) is 6.53. The Morgan fingerprint density at radius 1 is 0.939 bits per heavy atom. The van der Waals surface area contributed by atoms with Crippen molar-refractivity contribution < 1.29 is 27.4 Å². The molecule has 0 radical (unpaired) electrons. The summed E-state index contributed by atoms with van der Waals surface area (Å²) in [5.41, 5.74) is 7.82. The van der Waals surface area contributed by atoms with Crippen LogP contribution in [0.25, 0.3) is 0 Å². The van der Waals surface area contributed by atoms with Gasteiger partial charge in [0, 0.05) is 0 Å². The highest BCUT2D eigenvalue weighted by Gasteiger charge is 2.38. The second kappa shape index (κ2) is 10.5. The number of hydrogen-bond donors (Lipinski definition) is 1. The van der Waals surface area contributed by atoms with E-state index < -0.39 is 23.1 Å². The molecule has 7 heteroatoms. The topological polar surface area (TPSA) is 53.7 Å². The van der Waals surface area contributed by atoms with E-state index >= 15 is 0 Å². The molecule has 0 bridgehead atoms. The third-order valence-corrected chi connectivity index (χ3v) is 5.97. The molecule has 1 aliphatic rings. The Balaban J connectivity index is 1.57. The third kappa shape index (κ3) is 7.45. The number of hydrogen-bond acceptors (Lipinski definition) is 4. The molecule has 0 saturated carbocycles. The Hall–Kier alpha value is -2.09. The van der Waals surface area contributed by atoms with E-state index in [2.05, 4.69) is 31.2 Å². The summed E-state index contributed by atoms with van der Waals surface area (Å²) in [4.78, 5) is 0. The molecule has 2 N–H and O–H groups in total. The minimum atomic E-state index is -4.50. The summed E-state index contributed by atoms with van der Waals surface area (Å²) in [5, 5.41) is 0. The zero-order valence-electron chi connectivity index (χ0n) is 19.6. The van der Waals surface area contributed by atoms with E-state index in [0.717, 1.165) is 24.5 Å². The molecule has 1 saturated heterocycles. The lowest BCUT2D eigenvalue weighted by molar-refractivity contribution is -0.267. The van der Waals surface area contributed by atoms with Crippen molar-refractivity contribution in [3.8, 4) is 5.75 Å². The van der Waals surface area contributed by atoms with Crippen LogP contribution >= 0.6 is 0 Å². The SMILES string of the molecule is CCc1ccc(CCCOc2ccc(CCC3(N)COC(C)(C)OC3)cc2C(F)(F)F)cc1. The highest BCUT2D eigenvalue weighted by atomic mass is 19.4. The largest absolute Gasteiger partial charge is 0.493 e. The predicted molar refractivity (Wildman–Crippen MR) is 122 cm³/mol. The zero-order chi connectivity index (χ0) is 24.1. The highest BCUT2D eigenvalue weighted by Crippen LogP contribution is 2.37. The first kappa shape index (κ1) is 25.5. The molecule has 4 nitrogen and oxygen atoms in total. The van der Waals surface area contributed by atoms with E-state index in [0.29, 0.717) is 38.0 Å². The lowest BCUT2D eigenvalue weighted by atomic mass is 9.92. The molecule has 1 heterocycles. The van der Waals surface area contributed by atoms with Crippen molar-refractivity contribution in [2.24, 2.45) is 5.73 Å². The van der Waals surface area contributed by atoms with E-state index in [1.165, 1.54) is 11.6 Å². The van der Waals surface area contributed by atoms with Gasteiger partial charge in [-0.3, -0.25) is 0 Å². The lowest BCUT2D eigenvalue weighted by Crippen LogP contribution is -2.57. The van der Waals surface area contributed by atoms with Crippen molar-refractivity contribution in [3.63, 3.8) is 0 Å². The van der Waals surface area contributed by atoms with Crippen molar-refractivity contribution in [2.75, 3.05) is 19.8 Å². The first-order valence-electron chi connectivity index (χ1n) is 11.5. The smallest absolute Gasteiger partial charge is 0.419 e. The maximum atomic E-state index is 13.7. The monoisotopic (exact) mass is 465 g/mol. The van der Waals surface area contributed by atoms with Crippen LogP contribution in [-0.2, 0) is 34.9 Å². The van der Waals surface area contributed by atoms with E-state index in [1.54, 1.807) is 6.07 Å². The van der Waals surface area contributed by atoms with E-state index in [1.807, 2.05) is 13.8 Å². The molecule has 0 atom stereocenters. The first-order chi connectivity index (χ1) is 15.5. The Kier molecular flexibility index (Phi) is 8.08. The minimum Gasteiger partial charge on any atom is -0.493 e. The van der Waals surface area contributed by atoms with Crippen molar-refractivity contribution in [1.82, 2.24) is 0 Å². The van der Waals surface area contributed by atoms with Gasteiger partial charge in [-0.25, -0.2) is 0 Å². The second-order valence-corrected chi connectivity index (χ2v) is 9.29. The number of rotatable bonds is 9. The van der Waals surface area contributed by atoms with Crippen molar-refractivity contribution in [2.45, 2.75) is 70.4 Å². The number of alkyl halides is 3. The van der Waals surface area contributed by atoms with Gasteiger partial charge in [0.05, 0.1) is 30.9 Å². The fraction of sp³-hybridized carbons (Fsp3) is 0.538. The molecule has 0 amide bonds. The third-order valence-electron chi connectivity index (χ3n) is 5.97. The predicted octanol–water partition coefficient (Wildman–Crippen LogP) is 5.69. The van der Waals surface area contributed by atoms with Gasteiger partial charge >= 0.3 is 6.18 Å². The van der Waals surface area contributed by atoms with Crippen molar-refractivity contribution >= 4 is 0 Å². The number of ether oxygens (including phenoxy) is 3. The maximum Gasteiger partial charge on any atom is 0.419 e. The normalized spacial score (nSPS) is 17.7. The van der Waals surface area contributed by atoms with Crippen LogP contribution in [0.4, 0.5) is 13.2 Å². The van der Waals surface area contributed by atoms with Crippen LogP contribution in [0.3, 0.4) is 0 Å². The zero-order valence-corrected chi connectivity index (χ0v) is 19.6. The molecule has 0 spiro atoms. The molecule has 33 heavy (non-hydrogen) atoms. The molecule has 0 unspecified atom stereocenters. The molecule has 1 fully saturated rings. The van der Waals surface area contributed by atoms with Gasteiger partial charge in [-0.1, -0.05) is 37.3 Å². The van der Waals surface area contributed by atoms with Crippen LogP contribution in [-0.4, -0.2) is 31.1 Å². The van der Waals surface area contributed by atoms with Gasteiger partial charge in [-0.15, -0.1) is 0 Å². The van der Waals surface area contributed by atoms with Gasteiger partial charge in [0.25, 0.3) is 0 Å². The average Bonchev–Trinajstić information content (AvgIpc) is 2.78. The summed E-state index contributed by atoms with van der Waals surface area (Å²) in [6.07, 6.45) is -1.29. The highest BCUT2D eigenvalue weighted by molar-refractivity contribution is 5.39. The van der Waals surface area contributed by atoms with Crippen LogP contribution in [0, 0.1) is 0 Å². The van der Waals surface area contributed by atoms with Crippen LogP contribution in [0.2, 0.25) is 0 Å². The molecule has 3 rings (SSSR count). The van der Waals surface area contributed by atoms with Crippen molar-refractivity contribution in [3.05, 3.63) is 64.7 Å². The molecule has 2 aromatic rings. The lowest BCUT2D eigenvalue weighted by Gasteiger charge is -2.41. The quantitative estimate of drug-likeness (QED) is 0.483. The molecule has 2 aromatic carbocycles. The molecule has 182 valence electrons. The summed E-state index contributed by atoms with van der Waals surface area (Å²) in [6, 6.07) is 12.5. The standard InChI is InChI=1S/C26H34F3NO3/c1-4-19-7-9-20(10-8-19)6-5-15-31-23-12-11-21(16-22(23)26(27,28)29)13-14-25(30)17-32-24(2,3)33-18-25/h7-12,16H,4-6,13-15,17-18,30H2,1-3H3. The van der Waals surface area contributed by atoms with Crippen molar-refractivity contribution in [1.29, 1.82) is 0 Å². The number of benzene rings is 2. The Labute approximate surface area is 194 Å². The maximum absolute atomic E-state index is 13.7. The van der Waals surface area contributed by atoms with Gasteiger partial charge in [0.1, 0.15) is 5.75 Å². The van der Waals surface area contributed by atoms with Crippen LogP contribution in [0.5, 0.6) is 5.75 Å². The summed E-state index contributed by atoms with van der Waals surface area (Å²) in [7, 11) is 0. The number of aryl methyl sites for hydroxylation is 3. The van der Waals surface area contributed by atoms with Gasteiger partial charge in [-0.05, 0) is 74.8 Å². The second-order valence-electron chi connectivity index (χ2n) is 9.29. The summed E-state index contributed by atoms with van der Waals surface area (Å²) in [5.74, 6) is -0.828. The van der Waals surface area contributed by atoms with Gasteiger partial charge in [0.15, 0.2) is 5.79 Å². The molecule has 1 aliphatic heterocycles. The Morgan fingerprint density at radius 3 is 2.15 bits per heavy atom. The van der Waals surface area contributed by atoms with Crippen LogP contribution in [0.15, 0.2) is 42.5 Å². The number of nitrogens with two attached hydrogens (primary N) is 1. The van der Waals surface area contributed by atoms with Gasteiger partial charge in [0.2, 0.25) is 0 Å². The summed E-state index contributed by atoms with van der Waals surface area (Å²) >= 11 is 0. The molecule has 0 aliphatic carbocycles. The fourth-order valence-corrected chi connectivity index (χ4v) is 3.74. The Morgan fingerprint density at radius 2 is 1.55 bits per heavy atom. The number of halogens is 3. The van der Waals surface area contributed by atoms with E-state index in [4.69, 9.17) is 19.9 Å². The van der Waals surface area contributed by atoms with Crippen LogP contribution in [0.1, 0.15) is 55.9 Å². The average molecular weight is 466 g/mol. The Bertz CT molecular complexity index is 900. The first-order valence-corrected chi connectivity index (χ1v) is 11.5. The minimum absolute atomic E-state index is 0.138. The van der Waals surface area contributed by atoms with E-state index in [9.17, 15) is 13.2 Å². The molecule has 0 aromatic heterocycles.